The number of halogens is 1. The van der Waals surface area contributed by atoms with Crippen molar-refractivity contribution in [3.63, 3.8) is 0 Å². The topological polar surface area (TPSA) is 43.4 Å². The summed E-state index contributed by atoms with van der Waals surface area (Å²) in [5.41, 5.74) is 0.898. The Labute approximate surface area is 148 Å². The second-order valence-corrected chi connectivity index (χ2v) is 7.29. The molecule has 1 aliphatic carbocycles. The maximum Gasteiger partial charge on any atom is 0.211 e. The van der Waals surface area contributed by atoms with Crippen molar-refractivity contribution in [2.45, 2.75) is 51.9 Å². The van der Waals surface area contributed by atoms with Gasteiger partial charge in [-0.15, -0.1) is 0 Å². The molecule has 0 radical (unpaired) electrons. The molecule has 0 aromatic heterocycles. The van der Waals surface area contributed by atoms with E-state index in [1.807, 2.05) is 24.3 Å². The van der Waals surface area contributed by atoms with E-state index in [9.17, 15) is 9.59 Å². The Morgan fingerprint density at radius 1 is 1.33 bits per heavy atom. The lowest BCUT2D eigenvalue weighted by atomic mass is 9.68. The third-order valence-electron chi connectivity index (χ3n) is 5.27. The first-order chi connectivity index (χ1) is 11.5. The van der Waals surface area contributed by atoms with Gasteiger partial charge in [0.1, 0.15) is 11.2 Å². The minimum absolute atomic E-state index is 0.0206. The summed E-state index contributed by atoms with van der Waals surface area (Å²) < 4.78 is 5.69. The predicted octanol–water partition coefficient (Wildman–Crippen LogP) is 4.84. The lowest BCUT2D eigenvalue weighted by Crippen LogP contribution is -2.38. The average molecular weight is 347 g/mol. The van der Waals surface area contributed by atoms with E-state index in [1.54, 1.807) is 6.92 Å². The summed E-state index contributed by atoms with van der Waals surface area (Å²) in [5, 5.41) is 0.649. The standard InChI is InChI=1S/C20H23ClO3/c1-3-4-7-16(22)20(2)17(13-8-10-14(21)11-9-13)15-6-5-12-24-18(15)19(20)23/h8-11,17H,3-7,12H2,1-2H3/t17-,20-/m0/s1. The fourth-order valence-corrected chi connectivity index (χ4v) is 4.05. The number of carbonyl (C=O) groups is 2. The number of ketones is 2. The Morgan fingerprint density at radius 3 is 2.71 bits per heavy atom. The molecule has 24 heavy (non-hydrogen) atoms. The van der Waals surface area contributed by atoms with Gasteiger partial charge in [-0.2, -0.15) is 0 Å². The second kappa shape index (κ2) is 6.72. The molecule has 4 heteroatoms. The maximum atomic E-state index is 13.1. The van der Waals surface area contributed by atoms with Crippen molar-refractivity contribution in [2.24, 2.45) is 5.41 Å². The van der Waals surface area contributed by atoms with Gasteiger partial charge in [0.2, 0.25) is 5.78 Å². The number of ether oxygens (including phenoxy) is 1. The number of benzene rings is 1. The summed E-state index contributed by atoms with van der Waals surface area (Å²) in [7, 11) is 0. The van der Waals surface area contributed by atoms with Crippen LogP contribution < -0.4 is 0 Å². The Kier molecular flexibility index (Phi) is 4.82. The molecule has 0 amide bonds. The molecular weight excluding hydrogens is 324 g/mol. The van der Waals surface area contributed by atoms with E-state index in [0.29, 0.717) is 23.8 Å². The minimum atomic E-state index is -1.06. The van der Waals surface area contributed by atoms with Crippen LogP contribution in [-0.4, -0.2) is 18.2 Å². The summed E-state index contributed by atoms with van der Waals surface area (Å²) >= 11 is 6.02. The van der Waals surface area contributed by atoms with Crippen LogP contribution in [0, 0.1) is 5.41 Å². The van der Waals surface area contributed by atoms with Crippen LogP contribution in [0.25, 0.3) is 0 Å². The van der Waals surface area contributed by atoms with Gasteiger partial charge in [0.15, 0.2) is 5.76 Å². The summed E-state index contributed by atoms with van der Waals surface area (Å²) in [4.78, 5) is 26.1. The van der Waals surface area contributed by atoms with Crippen LogP contribution in [0.5, 0.6) is 0 Å². The number of allylic oxidation sites excluding steroid dienone is 2. The first-order valence-corrected chi connectivity index (χ1v) is 9.07. The monoisotopic (exact) mass is 346 g/mol. The minimum Gasteiger partial charge on any atom is -0.490 e. The molecule has 0 N–H and O–H groups in total. The Bertz CT molecular complexity index is 689. The Hall–Kier alpha value is -1.61. The van der Waals surface area contributed by atoms with E-state index in [2.05, 4.69) is 6.92 Å². The van der Waals surface area contributed by atoms with Crippen molar-refractivity contribution < 1.29 is 14.3 Å². The number of hydrogen-bond donors (Lipinski definition) is 0. The number of unbranched alkanes of at least 4 members (excludes halogenated alkanes) is 1. The van der Waals surface area contributed by atoms with Crippen molar-refractivity contribution in [1.29, 1.82) is 0 Å². The Morgan fingerprint density at radius 2 is 2.04 bits per heavy atom. The van der Waals surface area contributed by atoms with E-state index in [4.69, 9.17) is 16.3 Å². The zero-order valence-corrected chi connectivity index (χ0v) is 15.0. The van der Waals surface area contributed by atoms with Gasteiger partial charge in [-0.1, -0.05) is 37.1 Å². The van der Waals surface area contributed by atoms with Crippen LogP contribution in [0.15, 0.2) is 35.6 Å². The summed E-state index contributed by atoms with van der Waals surface area (Å²) in [6.07, 6.45) is 3.87. The molecule has 2 atom stereocenters. The molecule has 0 bridgehead atoms. The number of hydrogen-bond acceptors (Lipinski definition) is 3. The molecule has 1 aliphatic heterocycles. The summed E-state index contributed by atoms with van der Waals surface area (Å²) in [6.45, 7) is 4.40. The largest absolute Gasteiger partial charge is 0.490 e. The molecule has 2 aliphatic rings. The van der Waals surface area contributed by atoms with Gasteiger partial charge in [0.25, 0.3) is 0 Å². The van der Waals surface area contributed by atoms with Gasteiger partial charge < -0.3 is 4.74 Å². The average Bonchev–Trinajstić information content (AvgIpc) is 2.83. The second-order valence-electron chi connectivity index (χ2n) is 6.85. The predicted molar refractivity (Wildman–Crippen MR) is 94.1 cm³/mol. The van der Waals surface area contributed by atoms with Crippen molar-refractivity contribution in [2.75, 3.05) is 6.61 Å². The highest BCUT2D eigenvalue weighted by molar-refractivity contribution is 6.30. The highest BCUT2D eigenvalue weighted by atomic mass is 35.5. The zero-order valence-electron chi connectivity index (χ0n) is 14.2. The molecule has 1 aromatic rings. The van der Waals surface area contributed by atoms with E-state index in [1.165, 1.54) is 0 Å². The lowest BCUT2D eigenvalue weighted by molar-refractivity contribution is -0.139. The van der Waals surface area contributed by atoms with Crippen molar-refractivity contribution in [1.82, 2.24) is 0 Å². The summed E-state index contributed by atoms with van der Waals surface area (Å²) in [5.74, 6) is 0.0843. The normalized spacial score (nSPS) is 26.3. The molecule has 0 saturated carbocycles. The molecule has 128 valence electrons. The molecule has 3 nitrogen and oxygen atoms in total. The molecular formula is C20H23ClO3. The van der Waals surface area contributed by atoms with E-state index in [0.717, 1.165) is 36.8 Å². The van der Waals surface area contributed by atoms with Crippen LogP contribution in [0.2, 0.25) is 5.02 Å². The maximum absolute atomic E-state index is 13.1. The van der Waals surface area contributed by atoms with Crippen LogP contribution in [-0.2, 0) is 14.3 Å². The van der Waals surface area contributed by atoms with E-state index in [-0.39, 0.29) is 17.5 Å². The smallest absolute Gasteiger partial charge is 0.211 e. The van der Waals surface area contributed by atoms with Crippen LogP contribution in [0.4, 0.5) is 0 Å². The molecule has 0 unspecified atom stereocenters. The highest BCUT2D eigenvalue weighted by Crippen LogP contribution is 2.54. The molecule has 1 heterocycles. The summed E-state index contributed by atoms with van der Waals surface area (Å²) in [6, 6.07) is 7.49. The molecule has 0 saturated heterocycles. The third kappa shape index (κ3) is 2.69. The van der Waals surface area contributed by atoms with Gasteiger partial charge in [0.05, 0.1) is 6.61 Å². The number of carbonyl (C=O) groups excluding carboxylic acids is 2. The van der Waals surface area contributed by atoms with Gasteiger partial charge in [0, 0.05) is 17.4 Å². The van der Waals surface area contributed by atoms with Crippen LogP contribution in [0.3, 0.4) is 0 Å². The quantitative estimate of drug-likeness (QED) is 0.717. The zero-order chi connectivity index (χ0) is 17.3. The van der Waals surface area contributed by atoms with Crippen molar-refractivity contribution in [3.05, 3.63) is 46.2 Å². The molecule has 0 fully saturated rings. The van der Waals surface area contributed by atoms with Crippen molar-refractivity contribution in [3.8, 4) is 0 Å². The van der Waals surface area contributed by atoms with Gasteiger partial charge in [-0.05, 0) is 49.5 Å². The van der Waals surface area contributed by atoms with Crippen LogP contribution in [0.1, 0.15) is 57.4 Å². The van der Waals surface area contributed by atoms with Gasteiger partial charge >= 0.3 is 0 Å². The SMILES string of the molecule is CCCCC(=O)[C@]1(C)C(=O)C2=C(CCCO2)[C@@H]1c1ccc(Cl)cc1. The third-order valence-corrected chi connectivity index (χ3v) is 5.52. The van der Waals surface area contributed by atoms with Gasteiger partial charge in [-0.3, -0.25) is 9.59 Å². The lowest BCUT2D eigenvalue weighted by Gasteiger charge is -2.30. The highest BCUT2D eigenvalue weighted by Gasteiger charge is 2.57. The van der Waals surface area contributed by atoms with Crippen molar-refractivity contribution >= 4 is 23.2 Å². The first-order valence-electron chi connectivity index (χ1n) is 8.69. The fourth-order valence-electron chi connectivity index (χ4n) is 3.92. The van der Waals surface area contributed by atoms with Crippen LogP contribution >= 0.6 is 11.6 Å². The number of rotatable bonds is 5. The molecule has 3 rings (SSSR count). The Balaban J connectivity index is 2.07. The van der Waals surface area contributed by atoms with E-state index >= 15 is 0 Å². The fraction of sp³-hybridized carbons (Fsp3) is 0.500. The van der Waals surface area contributed by atoms with Gasteiger partial charge in [-0.25, -0.2) is 0 Å². The molecule has 0 spiro atoms. The van der Waals surface area contributed by atoms with E-state index < -0.39 is 5.41 Å². The first kappa shape index (κ1) is 17.2. The number of Topliss-reactive ketones (excluding diaryl/α,β-unsaturated/α-hetero) is 2. The molecule has 1 aromatic carbocycles.